The van der Waals surface area contributed by atoms with Gasteiger partial charge in [0.2, 0.25) is 0 Å². The summed E-state index contributed by atoms with van der Waals surface area (Å²) >= 11 is 1.92. The summed E-state index contributed by atoms with van der Waals surface area (Å²) in [5.41, 5.74) is 0.345. The van der Waals surface area contributed by atoms with Gasteiger partial charge in [0.05, 0.1) is 10.2 Å². The van der Waals surface area contributed by atoms with Crippen LogP contribution in [0.4, 0.5) is 4.79 Å². The van der Waals surface area contributed by atoms with Gasteiger partial charge in [-0.2, -0.15) is 0 Å². The van der Waals surface area contributed by atoms with Crippen molar-refractivity contribution in [1.82, 2.24) is 10.2 Å². The molecule has 2 rings (SSSR count). The number of imide groups is 2. The zero-order valence-corrected chi connectivity index (χ0v) is 14.0. The molecular formula is C14H13IN2O5. The molecule has 1 fully saturated rings. The number of amides is 4. The van der Waals surface area contributed by atoms with Crippen molar-refractivity contribution in [2.75, 3.05) is 13.7 Å². The van der Waals surface area contributed by atoms with Crippen molar-refractivity contribution in [1.29, 1.82) is 0 Å². The minimum absolute atomic E-state index is 0.00341. The largest absolute Gasteiger partial charge is 0.504 e. The number of nitrogens with one attached hydrogen (secondary N) is 1. The zero-order chi connectivity index (χ0) is 16.4. The van der Waals surface area contributed by atoms with Crippen molar-refractivity contribution < 1.29 is 24.2 Å². The number of hydrogen-bond acceptors (Lipinski definition) is 5. The first-order chi connectivity index (χ1) is 10.3. The van der Waals surface area contributed by atoms with Gasteiger partial charge < -0.3 is 9.84 Å². The van der Waals surface area contributed by atoms with Crippen LogP contribution in [0.2, 0.25) is 0 Å². The van der Waals surface area contributed by atoms with Crippen LogP contribution >= 0.6 is 22.6 Å². The number of barbiturate groups is 1. The van der Waals surface area contributed by atoms with Crippen LogP contribution < -0.4 is 10.1 Å². The van der Waals surface area contributed by atoms with E-state index in [9.17, 15) is 19.5 Å². The molecule has 0 radical (unpaired) electrons. The summed E-state index contributed by atoms with van der Waals surface area (Å²) in [5.74, 6) is -1.19. The minimum atomic E-state index is -0.762. The molecule has 2 N–H and O–H groups in total. The van der Waals surface area contributed by atoms with E-state index in [4.69, 9.17) is 4.74 Å². The van der Waals surface area contributed by atoms with Gasteiger partial charge in [-0.25, -0.2) is 4.79 Å². The van der Waals surface area contributed by atoms with E-state index in [-0.39, 0.29) is 17.1 Å². The van der Waals surface area contributed by atoms with Gasteiger partial charge in [0.25, 0.3) is 11.8 Å². The lowest BCUT2D eigenvalue weighted by molar-refractivity contribution is -0.129. The van der Waals surface area contributed by atoms with E-state index in [1.807, 2.05) is 22.6 Å². The molecule has 1 aliphatic rings. The Balaban J connectivity index is 2.46. The van der Waals surface area contributed by atoms with Crippen molar-refractivity contribution in [2.45, 2.75) is 6.92 Å². The number of urea groups is 1. The minimum Gasteiger partial charge on any atom is -0.504 e. The lowest BCUT2D eigenvalue weighted by Crippen LogP contribution is -2.52. The second-order valence-electron chi connectivity index (χ2n) is 4.46. The number of phenolic OH excluding ortho intramolecular Hbond substituents is 1. The van der Waals surface area contributed by atoms with Crippen LogP contribution in [0.5, 0.6) is 11.5 Å². The van der Waals surface area contributed by atoms with Crippen LogP contribution in [-0.4, -0.2) is 41.5 Å². The highest BCUT2D eigenvalue weighted by atomic mass is 127. The number of phenols is 1. The van der Waals surface area contributed by atoms with Crippen LogP contribution in [-0.2, 0) is 9.59 Å². The Labute approximate surface area is 140 Å². The zero-order valence-electron chi connectivity index (χ0n) is 11.8. The molecule has 1 saturated heterocycles. The van der Waals surface area contributed by atoms with Gasteiger partial charge >= 0.3 is 6.03 Å². The Hall–Kier alpha value is -2.10. The highest BCUT2D eigenvalue weighted by Crippen LogP contribution is 2.33. The third-order valence-corrected chi connectivity index (χ3v) is 3.79. The fourth-order valence-electron chi connectivity index (χ4n) is 1.85. The molecule has 1 heterocycles. The average molecular weight is 416 g/mol. The molecule has 0 spiro atoms. The molecule has 0 atom stereocenters. The van der Waals surface area contributed by atoms with Crippen LogP contribution in [0.15, 0.2) is 17.7 Å². The van der Waals surface area contributed by atoms with E-state index >= 15 is 0 Å². The molecule has 0 saturated carbocycles. The standard InChI is InChI=1S/C14H13IN2O5/c1-3-22-10-6-7(5-9(15)11(10)18)4-8-12(19)16-14(21)17(2)13(8)20/h4-6,18H,3H2,1-2H3,(H,16,19,21). The number of ether oxygens (including phenoxy) is 1. The van der Waals surface area contributed by atoms with Gasteiger partial charge in [0.15, 0.2) is 11.5 Å². The maximum absolute atomic E-state index is 12.0. The number of hydrogen-bond donors (Lipinski definition) is 2. The topological polar surface area (TPSA) is 95.9 Å². The quantitative estimate of drug-likeness (QED) is 0.442. The van der Waals surface area contributed by atoms with Gasteiger partial charge in [0, 0.05) is 7.05 Å². The highest BCUT2D eigenvalue weighted by Gasteiger charge is 2.33. The van der Waals surface area contributed by atoms with E-state index < -0.39 is 17.8 Å². The molecule has 0 aliphatic carbocycles. The van der Waals surface area contributed by atoms with Crippen LogP contribution in [0.1, 0.15) is 12.5 Å². The molecule has 4 amide bonds. The molecular weight excluding hydrogens is 403 g/mol. The van der Waals surface area contributed by atoms with Gasteiger partial charge in [-0.15, -0.1) is 0 Å². The molecule has 0 unspecified atom stereocenters. The summed E-state index contributed by atoms with van der Waals surface area (Å²) in [6.07, 6.45) is 1.35. The van der Waals surface area contributed by atoms with Crippen molar-refractivity contribution in [3.8, 4) is 11.5 Å². The third kappa shape index (κ3) is 3.06. The molecule has 1 aromatic carbocycles. The molecule has 116 valence electrons. The maximum atomic E-state index is 12.0. The van der Waals surface area contributed by atoms with E-state index in [1.54, 1.807) is 13.0 Å². The van der Waals surface area contributed by atoms with Crippen LogP contribution in [0.3, 0.4) is 0 Å². The average Bonchev–Trinajstić information content (AvgIpc) is 2.46. The fraction of sp³-hybridized carbons (Fsp3) is 0.214. The maximum Gasteiger partial charge on any atom is 0.331 e. The third-order valence-electron chi connectivity index (χ3n) is 2.97. The van der Waals surface area contributed by atoms with Gasteiger partial charge in [-0.3, -0.25) is 19.8 Å². The Bertz CT molecular complexity index is 699. The second-order valence-corrected chi connectivity index (χ2v) is 5.63. The lowest BCUT2D eigenvalue weighted by atomic mass is 10.1. The van der Waals surface area contributed by atoms with Crippen molar-refractivity contribution >= 4 is 46.5 Å². The number of halogens is 1. The first-order valence-corrected chi connectivity index (χ1v) is 7.43. The van der Waals surface area contributed by atoms with E-state index in [2.05, 4.69) is 5.32 Å². The molecule has 8 heteroatoms. The van der Waals surface area contributed by atoms with Gasteiger partial charge in [0.1, 0.15) is 5.57 Å². The SMILES string of the molecule is CCOc1cc(C=C2C(=O)NC(=O)N(C)C2=O)cc(I)c1O. The molecule has 1 aromatic rings. The molecule has 1 aliphatic heterocycles. The Morgan fingerprint density at radius 1 is 1.36 bits per heavy atom. The highest BCUT2D eigenvalue weighted by molar-refractivity contribution is 14.1. The number of nitrogens with zero attached hydrogens (tertiary/aromatic N) is 1. The number of likely N-dealkylation sites (N-methyl/N-ethyl adjacent to an activating group) is 1. The summed E-state index contributed by atoms with van der Waals surface area (Å²) in [6, 6.07) is 2.36. The lowest BCUT2D eigenvalue weighted by Gasteiger charge is -2.22. The summed E-state index contributed by atoms with van der Waals surface area (Å²) in [5, 5.41) is 12.0. The monoisotopic (exact) mass is 416 g/mol. The number of carbonyl (C=O) groups is 3. The van der Waals surface area contributed by atoms with Crippen LogP contribution in [0, 0.1) is 3.57 Å². The smallest absolute Gasteiger partial charge is 0.331 e. The van der Waals surface area contributed by atoms with E-state index in [0.29, 0.717) is 15.7 Å². The van der Waals surface area contributed by atoms with Crippen LogP contribution in [0.25, 0.3) is 6.08 Å². The molecule has 0 bridgehead atoms. The first-order valence-electron chi connectivity index (χ1n) is 6.35. The van der Waals surface area contributed by atoms with Crippen molar-refractivity contribution in [3.63, 3.8) is 0 Å². The summed E-state index contributed by atoms with van der Waals surface area (Å²) in [7, 11) is 1.28. The van der Waals surface area contributed by atoms with Gasteiger partial charge in [-0.1, -0.05) is 0 Å². The molecule has 22 heavy (non-hydrogen) atoms. The Morgan fingerprint density at radius 2 is 2.05 bits per heavy atom. The number of carbonyl (C=O) groups excluding carboxylic acids is 3. The summed E-state index contributed by atoms with van der Waals surface area (Å²) < 4.78 is 5.82. The predicted octanol–water partition coefficient (Wildman–Crippen LogP) is 1.49. The number of benzene rings is 1. The summed E-state index contributed by atoms with van der Waals surface area (Å²) in [4.78, 5) is 36.0. The second kappa shape index (κ2) is 6.34. The molecule has 7 nitrogen and oxygen atoms in total. The van der Waals surface area contributed by atoms with E-state index in [0.717, 1.165) is 4.90 Å². The van der Waals surface area contributed by atoms with Crippen molar-refractivity contribution in [2.24, 2.45) is 0 Å². The first kappa shape index (κ1) is 16.3. The Morgan fingerprint density at radius 3 is 2.68 bits per heavy atom. The number of rotatable bonds is 3. The summed E-state index contributed by atoms with van der Waals surface area (Å²) in [6.45, 7) is 2.14. The van der Waals surface area contributed by atoms with E-state index in [1.165, 1.54) is 19.2 Å². The number of aromatic hydroxyl groups is 1. The predicted molar refractivity (Wildman–Crippen MR) is 86.3 cm³/mol. The Kier molecular flexibility index (Phi) is 4.69. The fourth-order valence-corrected chi connectivity index (χ4v) is 2.48. The van der Waals surface area contributed by atoms with Crippen molar-refractivity contribution in [3.05, 3.63) is 26.8 Å². The van der Waals surface area contributed by atoms with Gasteiger partial charge in [-0.05, 0) is 53.3 Å². The normalized spacial score (nSPS) is 17.0. The molecule has 0 aromatic heterocycles.